The van der Waals surface area contributed by atoms with Gasteiger partial charge in [-0.2, -0.15) is 0 Å². The van der Waals surface area contributed by atoms with Crippen molar-refractivity contribution in [3.8, 4) is 0 Å². The Morgan fingerprint density at radius 3 is 2.62 bits per heavy atom. The van der Waals surface area contributed by atoms with E-state index >= 15 is 0 Å². The Morgan fingerprint density at radius 1 is 1.44 bits per heavy atom. The summed E-state index contributed by atoms with van der Waals surface area (Å²) in [5.74, 6) is 1.80. The van der Waals surface area contributed by atoms with Crippen LogP contribution in [0.3, 0.4) is 0 Å². The molecule has 16 heavy (non-hydrogen) atoms. The summed E-state index contributed by atoms with van der Waals surface area (Å²) in [5.41, 5.74) is 0. The van der Waals surface area contributed by atoms with Crippen molar-refractivity contribution in [2.45, 2.75) is 32.2 Å². The zero-order valence-corrected chi connectivity index (χ0v) is 11.1. The topological polar surface area (TPSA) is 24.5 Å². The summed E-state index contributed by atoms with van der Waals surface area (Å²) in [6, 6.07) is 0.304. The van der Waals surface area contributed by atoms with E-state index in [9.17, 15) is 0 Å². The molecule has 2 fully saturated rings. The maximum absolute atomic E-state index is 5.44. The second-order valence-electron chi connectivity index (χ2n) is 5.16. The number of fused-ring (bicyclic) bond motifs is 1. The van der Waals surface area contributed by atoms with Gasteiger partial charge < -0.3 is 15.0 Å². The zero-order valence-electron chi connectivity index (χ0n) is 10.2. The van der Waals surface area contributed by atoms with Gasteiger partial charge in [-0.25, -0.2) is 0 Å². The lowest BCUT2D eigenvalue weighted by Gasteiger charge is -2.24. The number of hydrogen-bond acceptors (Lipinski definition) is 2. The highest BCUT2D eigenvalue weighted by Gasteiger charge is 2.36. The highest BCUT2D eigenvalue weighted by molar-refractivity contribution is 7.80. The van der Waals surface area contributed by atoms with Gasteiger partial charge in [0, 0.05) is 26.2 Å². The van der Waals surface area contributed by atoms with Crippen LogP contribution >= 0.6 is 12.2 Å². The molecule has 3 atom stereocenters. The molecular weight excluding hydrogens is 220 g/mol. The van der Waals surface area contributed by atoms with E-state index in [1.165, 1.54) is 19.3 Å². The largest absolute Gasteiger partial charge is 0.383 e. The highest BCUT2D eigenvalue weighted by Crippen LogP contribution is 2.37. The van der Waals surface area contributed by atoms with Gasteiger partial charge in [-0.3, -0.25) is 0 Å². The lowest BCUT2D eigenvalue weighted by Crippen LogP contribution is -2.44. The Balaban J connectivity index is 1.78. The van der Waals surface area contributed by atoms with Crippen molar-refractivity contribution in [2.75, 3.05) is 26.8 Å². The molecule has 0 spiro atoms. The normalized spacial score (nSPS) is 30.2. The van der Waals surface area contributed by atoms with Crippen LogP contribution in [-0.2, 0) is 4.74 Å². The van der Waals surface area contributed by atoms with Gasteiger partial charge in [-0.05, 0) is 43.8 Å². The maximum atomic E-state index is 5.44. The van der Waals surface area contributed by atoms with Crippen molar-refractivity contribution >= 4 is 17.3 Å². The molecule has 0 bridgehead atoms. The molecule has 4 heteroatoms. The molecule has 2 rings (SSSR count). The van der Waals surface area contributed by atoms with E-state index in [1.54, 1.807) is 7.11 Å². The van der Waals surface area contributed by atoms with Crippen molar-refractivity contribution in [1.29, 1.82) is 0 Å². The number of ether oxygens (including phenoxy) is 1. The predicted octanol–water partition coefficient (Wildman–Crippen LogP) is 1.63. The van der Waals surface area contributed by atoms with E-state index in [0.29, 0.717) is 12.6 Å². The maximum Gasteiger partial charge on any atom is 0.169 e. The molecule has 0 amide bonds. The first-order valence-electron chi connectivity index (χ1n) is 6.25. The quantitative estimate of drug-likeness (QED) is 0.760. The number of nitrogens with one attached hydrogen (secondary N) is 1. The summed E-state index contributed by atoms with van der Waals surface area (Å²) in [4.78, 5) is 2.34. The summed E-state index contributed by atoms with van der Waals surface area (Å²) >= 11 is 5.44. The van der Waals surface area contributed by atoms with Crippen LogP contribution in [-0.4, -0.2) is 42.9 Å². The van der Waals surface area contributed by atoms with Crippen LogP contribution in [0.15, 0.2) is 0 Å². The Bertz CT molecular complexity index is 247. The molecule has 0 aromatic carbocycles. The molecule has 1 saturated carbocycles. The Morgan fingerprint density at radius 2 is 2.06 bits per heavy atom. The van der Waals surface area contributed by atoms with Crippen LogP contribution < -0.4 is 5.32 Å². The van der Waals surface area contributed by atoms with Gasteiger partial charge in [0.25, 0.3) is 0 Å². The van der Waals surface area contributed by atoms with Crippen LogP contribution in [0, 0.1) is 11.8 Å². The summed E-state index contributed by atoms with van der Waals surface area (Å²) in [6.45, 7) is 5.14. The third kappa shape index (κ3) is 2.66. The van der Waals surface area contributed by atoms with E-state index in [-0.39, 0.29) is 0 Å². The zero-order chi connectivity index (χ0) is 11.5. The Hall–Kier alpha value is -0.350. The standard InChI is InChI=1S/C12H22N2OS/c1-9(8-15-2)13-12(16)14-6-10-4-3-5-11(10)7-14/h9-11H,3-8H2,1-2H3,(H,13,16). The van der Waals surface area contributed by atoms with Gasteiger partial charge in [0.05, 0.1) is 6.61 Å². The number of thiocarbonyl (C=S) groups is 1. The van der Waals surface area contributed by atoms with Gasteiger partial charge in [0.2, 0.25) is 0 Å². The molecule has 1 saturated heterocycles. The average molecular weight is 242 g/mol. The van der Waals surface area contributed by atoms with Gasteiger partial charge in [0.1, 0.15) is 0 Å². The fourth-order valence-corrected chi connectivity index (χ4v) is 3.34. The fourth-order valence-electron chi connectivity index (χ4n) is 2.99. The minimum absolute atomic E-state index is 0.304. The van der Waals surface area contributed by atoms with Gasteiger partial charge in [0.15, 0.2) is 5.11 Å². The Labute approximate surface area is 104 Å². The SMILES string of the molecule is COCC(C)NC(=S)N1CC2CCCC2C1. The summed E-state index contributed by atoms with van der Waals surface area (Å²) in [5, 5.41) is 4.26. The van der Waals surface area contributed by atoms with Gasteiger partial charge in [-0.1, -0.05) is 6.42 Å². The first-order chi connectivity index (χ1) is 7.70. The molecule has 92 valence electrons. The molecule has 0 aromatic heterocycles. The van der Waals surface area contributed by atoms with Crippen molar-refractivity contribution in [3.63, 3.8) is 0 Å². The molecule has 1 aliphatic carbocycles. The van der Waals surface area contributed by atoms with E-state index in [0.717, 1.165) is 30.0 Å². The minimum atomic E-state index is 0.304. The smallest absolute Gasteiger partial charge is 0.169 e. The molecule has 0 aromatic rings. The molecule has 1 aliphatic heterocycles. The second-order valence-corrected chi connectivity index (χ2v) is 5.55. The molecule has 0 radical (unpaired) electrons. The van der Waals surface area contributed by atoms with Gasteiger partial charge in [-0.15, -0.1) is 0 Å². The van der Waals surface area contributed by atoms with E-state index in [1.807, 2.05) is 0 Å². The van der Waals surface area contributed by atoms with Crippen LogP contribution in [0.1, 0.15) is 26.2 Å². The van der Waals surface area contributed by atoms with E-state index in [4.69, 9.17) is 17.0 Å². The van der Waals surface area contributed by atoms with Gasteiger partial charge >= 0.3 is 0 Å². The highest BCUT2D eigenvalue weighted by atomic mass is 32.1. The summed E-state index contributed by atoms with van der Waals surface area (Å²) < 4.78 is 5.10. The van der Waals surface area contributed by atoms with Crippen LogP contribution in [0.2, 0.25) is 0 Å². The third-order valence-electron chi connectivity index (χ3n) is 3.80. The predicted molar refractivity (Wildman–Crippen MR) is 69.5 cm³/mol. The molecule has 3 nitrogen and oxygen atoms in total. The van der Waals surface area contributed by atoms with E-state index in [2.05, 4.69) is 17.1 Å². The lowest BCUT2D eigenvalue weighted by atomic mass is 10.0. The number of hydrogen-bond donors (Lipinski definition) is 1. The van der Waals surface area contributed by atoms with Crippen LogP contribution in [0.4, 0.5) is 0 Å². The monoisotopic (exact) mass is 242 g/mol. The van der Waals surface area contributed by atoms with E-state index < -0.39 is 0 Å². The lowest BCUT2D eigenvalue weighted by molar-refractivity contribution is 0.178. The number of nitrogens with zero attached hydrogens (tertiary/aromatic N) is 1. The number of methoxy groups -OCH3 is 1. The first kappa shape index (κ1) is 12.1. The summed E-state index contributed by atoms with van der Waals surface area (Å²) in [7, 11) is 1.72. The van der Waals surface area contributed by atoms with Crippen LogP contribution in [0.25, 0.3) is 0 Å². The van der Waals surface area contributed by atoms with Crippen molar-refractivity contribution in [3.05, 3.63) is 0 Å². The first-order valence-corrected chi connectivity index (χ1v) is 6.66. The van der Waals surface area contributed by atoms with Crippen molar-refractivity contribution in [1.82, 2.24) is 10.2 Å². The minimum Gasteiger partial charge on any atom is -0.383 e. The second kappa shape index (κ2) is 5.32. The summed E-state index contributed by atoms with van der Waals surface area (Å²) in [6.07, 6.45) is 4.22. The molecule has 1 heterocycles. The molecule has 1 N–H and O–H groups in total. The molecule has 3 unspecified atom stereocenters. The van der Waals surface area contributed by atoms with Crippen LogP contribution in [0.5, 0.6) is 0 Å². The third-order valence-corrected chi connectivity index (χ3v) is 4.18. The van der Waals surface area contributed by atoms with Crippen molar-refractivity contribution < 1.29 is 4.74 Å². The van der Waals surface area contributed by atoms with Crippen molar-refractivity contribution in [2.24, 2.45) is 11.8 Å². The Kier molecular flexibility index (Phi) is 4.03. The average Bonchev–Trinajstić information content (AvgIpc) is 2.76. The molecular formula is C12H22N2OS. The number of likely N-dealkylation sites (tertiary alicyclic amines) is 1. The molecule has 2 aliphatic rings. The number of rotatable bonds is 3. The fraction of sp³-hybridized carbons (Fsp3) is 0.917.